The Morgan fingerprint density at radius 1 is 1.21 bits per heavy atom. The molecular formula is C21H27N5O3. The minimum atomic E-state index is -0.383. The summed E-state index contributed by atoms with van der Waals surface area (Å²) in [4.78, 5) is 40.7. The van der Waals surface area contributed by atoms with Crippen LogP contribution in [-0.4, -0.2) is 63.5 Å². The molecule has 154 valence electrons. The van der Waals surface area contributed by atoms with Crippen molar-refractivity contribution >= 4 is 17.7 Å². The number of likely N-dealkylation sites (N-methyl/N-ethyl adjacent to an activating group) is 1. The molecule has 2 heterocycles. The highest BCUT2D eigenvalue weighted by Gasteiger charge is 2.27. The SMILES string of the molecule is CC(C)NC(=O)CN(C)C(=O)c1cc2n(n1)CCCN(Cc1ccccc1)C2=O. The molecule has 0 spiro atoms. The van der Waals surface area contributed by atoms with Gasteiger partial charge in [0.15, 0.2) is 5.69 Å². The molecule has 2 aromatic rings. The average Bonchev–Trinajstić information content (AvgIpc) is 3.04. The number of aryl methyl sites for hydroxylation is 1. The van der Waals surface area contributed by atoms with Crippen LogP contribution in [0.5, 0.6) is 0 Å². The highest BCUT2D eigenvalue weighted by Crippen LogP contribution is 2.17. The summed E-state index contributed by atoms with van der Waals surface area (Å²) in [5.41, 5.74) is 1.64. The summed E-state index contributed by atoms with van der Waals surface area (Å²) in [6.07, 6.45) is 0.757. The van der Waals surface area contributed by atoms with E-state index in [1.807, 2.05) is 44.2 Å². The summed E-state index contributed by atoms with van der Waals surface area (Å²) in [7, 11) is 1.55. The number of nitrogens with zero attached hydrogens (tertiary/aromatic N) is 4. The quantitative estimate of drug-likeness (QED) is 0.801. The summed E-state index contributed by atoms with van der Waals surface area (Å²) < 4.78 is 1.60. The van der Waals surface area contributed by atoms with Gasteiger partial charge in [-0.25, -0.2) is 0 Å². The second-order valence-corrected chi connectivity index (χ2v) is 7.59. The molecular weight excluding hydrogens is 370 g/mol. The first-order valence-corrected chi connectivity index (χ1v) is 9.81. The molecule has 3 rings (SSSR count). The normalized spacial score (nSPS) is 13.8. The van der Waals surface area contributed by atoms with Gasteiger partial charge in [0, 0.05) is 38.8 Å². The molecule has 0 radical (unpaired) electrons. The van der Waals surface area contributed by atoms with Crippen molar-refractivity contribution in [3.8, 4) is 0 Å². The van der Waals surface area contributed by atoms with Gasteiger partial charge < -0.3 is 15.1 Å². The Morgan fingerprint density at radius 2 is 1.93 bits per heavy atom. The molecule has 8 heteroatoms. The molecule has 0 saturated heterocycles. The molecule has 1 aromatic heterocycles. The number of hydrogen-bond donors (Lipinski definition) is 1. The van der Waals surface area contributed by atoms with Crippen molar-refractivity contribution in [1.29, 1.82) is 0 Å². The molecule has 0 saturated carbocycles. The lowest BCUT2D eigenvalue weighted by Gasteiger charge is -2.20. The number of carbonyl (C=O) groups excluding carboxylic acids is 3. The van der Waals surface area contributed by atoms with Gasteiger partial charge >= 0.3 is 0 Å². The van der Waals surface area contributed by atoms with Gasteiger partial charge in [-0.15, -0.1) is 0 Å². The van der Waals surface area contributed by atoms with E-state index in [1.54, 1.807) is 16.6 Å². The first kappa shape index (κ1) is 20.6. The van der Waals surface area contributed by atoms with E-state index in [-0.39, 0.29) is 36.0 Å². The lowest BCUT2D eigenvalue weighted by Crippen LogP contribution is -2.41. The maximum atomic E-state index is 13.0. The first-order chi connectivity index (χ1) is 13.8. The summed E-state index contributed by atoms with van der Waals surface area (Å²) in [6, 6.07) is 11.4. The van der Waals surface area contributed by atoms with Crippen molar-refractivity contribution in [2.75, 3.05) is 20.1 Å². The third kappa shape index (κ3) is 5.01. The number of fused-ring (bicyclic) bond motifs is 1. The smallest absolute Gasteiger partial charge is 0.274 e. The fourth-order valence-corrected chi connectivity index (χ4v) is 3.34. The molecule has 0 unspecified atom stereocenters. The van der Waals surface area contributed by atoms with Gasteiger partial charge in [-0.3, -0.25) is 19.1 Å². The van der Waals surface area contributed by atoms with Crippen molar-refractivity contribution < 1.29 is 14.4 Å². The third-order valence-electron chi connectivity index (χ3n) is 4.70. The lowest BCUT2D eigenvalue weighted by atomic mass is 10.2. The number of nitrogens with one attached hydrogen (secondary N) is 1. The highest BCUT2D eigenvalue weighted by atomic mass is 16.2. The number of carbonyl (C=O) groups is 3. The van der Waals surface area contributed by atoms with Crippen LogP contribution in [0.3, 0.4) is 0 Å². The predicted molar refractivity (Wildman–Crippen MR) is 108 cm³/mol. The van der Waals surface area contributed by atoms with E-state index in [4.69, 9.17) is 0 Å². The summed E-state index contributed by atoms with van der Waals surface area (Å²) in [6.45, 7) is 5.38. The Labute approximate surface area is 170 Å². The Hall–Kier alpha value is -3.16. The number of rotatable bonds is 6. The van der Waals surface area contributed by atoms with Crippen LogP contribution in [0.1, 0.15) is 46.8 Å². The van der Waals surface area contributed by atoms with Crippen molar-refractivity contribution in [2.45, 2.75) is 39.4 Å². The monoisotopic (exact) mass is 397 g/mol. The molecule has 0 bridgehead atoms. The van der Waals surface area contributed by atoms with Crippen LogP contribution in [0.15, 0.2) is 36.4 Å². The summed E-state index contributed by atoms with van der Waals surface area (Å²) in [5.74, 6) is -0.758. The van der Waals surface area contributed by atoms with Crippen molar-refractivity contribution in [3.05, 3.63) is 53.3 Å². The minimum Gasteiger partial charge on any atom is -0.352 e. The van der Waals surface area contributed by atoms with Crippen LogP contribution in [-0.2, 0) is 17.9 Å². The van der Waals surface area contributed by atoms with E-state index >= 15 is 0 Å². The fraction of sp³-hybridized carbons (Fsp3) is 0.429. The van der Waals surface area contributed by atoms with E-state index in [0.717, 1.165) is 12.0 Å². The van der Waals surface area contributed by atoms with Gasteiger partial charge in [0.05, 0.1) is 6.54 Å². The van der Waals surface area contributed by atoms with Crippen molar-refractivity contribution in [2.24, 2.45) is 0 Å². The molecule has 3 amide bonds. The van der Waals surface area contributed by atoms with E-state index in [9.17, 15) is 14.4 Å². The maximum absolute atomic E-state index is 13.0. The van der Waals surface area contributed by atoms with Gasteiger partial charge in [0.2, 0.25) is 5.91 Å². The Morgan fingerprint density at radius 3 is 2.62 bits per heavy atom. The molecule has 1 aliphatic heterocycles. The molecule has 0 aliphatic carbocycles. The average molecular weight is 397 g/mol. The van der Waals surface area contributed by atoms with Crippen LogP contribution >= 0.6 is 0 Å². The minimum absolute atomic E-state index is 0.00268. The largest absolute Gasteiger partial charge is 0.352 e. The Bertz CT molecular complexity index is 891. The molecule has 8 nitrogen and oxygen atoms in total. The van der Waals surface area contributed by atoms with Gasteiger partial charge in [0.25, 0.3) is 11.8 Å². The number of benzene rings is 1. The van der Waals surface area contributed by atoms with Crippen LogP contribution < -0.4 is 5.32 Å². The molecule has 0 atom stereocenters. The topological polar surface area (TPSA) is 87.5 Å². The fourth-order valence-electron chi connectivity index (χ4n) is 3.34. The second kappa shape index (κ2) is 8.89. The number of aromatic nitrogens is 2. The maximum Gasteiger partial charge on any atom is 0.274 e. The molecule has 29 heavy (non-hydrogen) atoms. The highest BCUT2D eigenvalue weighted by molar-refractivity contribution is 5.99. The number of hydrogen-bond acceptors (Lipinski definition) is 4. The zero-order valence-corrected chi connectivity index (χ0v) is 17.1. The van der Waals surface area contributed by atoms with Crippen LogP contribution in [0.4, 0.5) is 0 Å². The van der Waals surface area contributed by atoms with Gasteiger partial charge in [-0.05, 0) is 25.8 Å². The lowest BCUT2D eigenvalue weighted by molar-refractivity contribution is -0.122. The van der Waals surface area contributed by atoms with E-state index < -0.39 is 0 Å². The van der Waals surface area contributed by atoms with Crippen LogP contribution in [0, 0.1) is 0 Å². The zero-order chi connectivity index (χ0) is 21.0. The standard InChI is InChI=1S/C21H27N5O3/c1-15(2)22-19(27)14-24(3)20(28)17-12-18-21(29)25(10-7-11-26(18)23-17)13-16-8-5-4-6-9-16/h4-6,8-9,12,15H,7,10-11,13-14H2,1-3H3,(H,22,27). The predicted octanol–water partition coefficient (Wildman–Crippen LogP) is 1.53. The third-order valence-corrected chi connectivity index (χ3v) is 4.70. The van der Waals surface area contributed by atoms with E-state index in [1.165, 1.54) is 11.0 Å². The van der Waals surface area contributed by atoms with Gasteiger partial charge in [0.1, 0.15) is 5.69 Å². The first-order valence-electron chi connectivity index (χ1n) is 9.81. The zero-order valence-electron chi connectivity index (χ0n) is 17.1. The molecule has 1 aliphatic rings. The summed E-state index contributed by atoms with van der Waals surface area (Å²) >= 11 is 0. The molecule has 0 fully saturated rings. The Balaban J connectivity index is 1.73. The van der Waals surface area contributed by atoms with Crippen LogP contribution in [0.2, 0.25) is 0 Å². The van der Waals surface area contributed by atoms with Gasteiger partial charge in [-0.1, -0.05) is 30.3 Å². The molecule has 1 aromatic carbocycles. The second-order valence-electron chi connectivity index (χ2n) is 7.59. The van der Waals surface area contributed by atoms with E-state index in [0.29, 0.717) is 25.3 Å². The Kier molecular flexibility index (Phi) is 6.31. The number of amides is 3. The van der Waals surface area contributed by atoms with Crippen LogP contribution in [0.25, 0.3) is 0 Å². The van der Waals surface area contributed by atoms with Crippen molar-refractivity contribution in [1.82, 2.24) is 24.9 Å². The summed E-state index contributed by atoms with van der Waals surface area (Å²) in [5, 5.41) is 7.09. The van der Waals surface area contributed by atoms with Gasteiger partial charge in [-0.2, -0.15) is 5.10 Å². The van der Waals surface area contributed by atoms with Crippen molar-refractivity contribution in [3.63, 3.8) is 0 Å². The van der Waals surface area contributed by atoms with E-state index in [2.05, 4.69) is 10.4 Å². The molecule has 1 N–H and O–H groups in total.